The molecule has 0 aliphatic carbocycles. The Labute approximate surface area is 190 Å². The van der Waals surface area contributed by atoms with E-state index < -0.39 is 10.0 Å². The highest BCUT2D eigenvalue weighted by Crippen LogP contribution is 2.37. The van der Waals surface area contributed by atoms with Crippen LogP contribution in [0.1, 0.15) is 9.67 Å². The number of carbonyl (C=O) groups is 1. The van der Waals surface area contributed by atoms with Crippen LogP contribution in [0.25, 0.3) is 10.1 Å². The van der Waals surface area contributed by atoms with Crippen LogP contribution >= 0.6 is 22.9 Å². The first-order valence-electron chi connectivity index (χ1n) is 9.21. The third-order valence-corrected chi connectivity index (χ3v) is 7.96. The molecular weight excluding hydrogens is 456 g/mol. The smallest absolute Gasteiger partial charge is 0.267 e. The number of fused-ring (bicyclic) bond motifs is 1. The van der Waals surface area contributed by atoms with Crippen molar-refractivity contribution < 1.29 is 17.9 Å². The summed E-state index contributed by atoms with van der Waals surface area (Å²) in [6.07, 6.45) is 3.03. The molecule has 1 aromatic heterocycles. The highest BCUT2D eigenvalue weighted by Gasteiger charge is 2.23. The maximum Gasteiger partial charge on any atom is 0.267 e. The summed E-state index contributed by atoms with van der Waals surface area (Å²) in [6.45, 7) is 7.52. The van der Waals surface area contributed by atoms with E-state index in [-0.39, 0.29) is 23.9 Å². The molecular formula is C22H21ClN2O4S2. The Hall–Kier alpha value is -2.65. The Kier molecular flexibility index (Phi) is 7.17. The number of nitrogens with zero attached hydrogens (tertiary/aromatic N) is 1. The summed E-state index contributed by atoms with van der Waals surface area (Å²) >= 11 is 7.66. The third-order valence-electron chi connectivity index (χ3n) is 4.46. The first kappa shape index (κ1) is 23.0. The Morgan fingerprint density at radius 3 is 2.39 bits per heavy atom. The zero-order chi connectivity index (χ0) is 22.6. The lowest BCUT2D eigenvalue weighted by atomic mass is 10.2. The number of hydrogen-bond acceptors (Lipinski definition) is 5. The van der Waals surface area contributed by atoms with Crippen LogP contribution in [0.15, 0.2) is 72.7 Å². The number of carbonyl (C=O) groups excluding carboxylic acids is 1. The number of benzene rings is 2. The largest absolute Gasteiger partial charge is 0.497 e. The van der Waals surface area contributed by atoms with Crippen molar-refractivity contribution in [2.24, 2.45) is 0 Å². The summed E-state index contributed by atoms with van der Waals surface area (Å²) in [5, 5.41) is 3.89. The van der Waals surface area contributed by atoms with E-state index in [4.69, 9.17) is 16.3 Å². The van der Waals surface area contributed by atoms with Crippen LogP contribution in [0.3, 0.4) is 0 Å². The number of thiophene rings is 1. The van der Waals surface area contributed by atoms with Crippen LogP contribution in [0.5, 0.6) is 5.75 Å². The minimum absolute atomic E-state index is 0.112. The van der Waals surface area contributed by atoms with Crippen LogP contribution in [0.4, 0.5) is 5.69 Å². The molecule has 3 aromatic rings. The van der Waals surface area contributed by atoms with Crippen molar-refractivity contribution in [3.05, 3.63) is 77.7 Å². The van der Waals surface area contributed by atoms with E-state index in [1.54, 1.807) is 13.2 Å². The number of ether oxygens (including phenoxy) is 1. The summed E-state index contributed by atoms with van der Waals surface area (Å²) in [6, 6.07) is 11.4. The summed E-state index contributed by atoms with van der Waals surface area (Å²) in [7, 11) is -2.13. The lowest BCUT2D eigenvalue weighted by Crippen LogP contribution is -2.31. The van der Waals surface area contributed by atoms with Crippen molar-refractivity contribution in [2.75, 3.05) is 25.5 Å². The minimum atomic E-state index is -3.71. The van der Waals surface area contributed by atoms with Gasteiger partial charge in [-0.3, -0.25) is 4.79 Å². The zero-order valence-electron chi connectivity index (χ0n) is 16.8. The molecule has 6 nitrogen and oxygen atoms in total. The summed E-state index contributed by atoms with van der Waals surface area (Å²) in [4.78, 5) is 13.2. The van der Waals surface area contributed by atoms with E-state index in [0.29, 0.717) is 21.3 Å². The number of amides is 1. The number of rotatable bonds is 9. The van der Waals surface area contributed by atoms with E-state index in [1.165, 1.54) is 52.1 Å². The molecule has 0 bridgehead atoms. The Morgan fingerprint density at radius 2 is 1.81 bits per heavy atom. The maximum atomic E-state index is 12.8. The first-order valence-corrected chi connectivity index (χ1v) is 11.8. The predicted molar refractivity (Wildman–Crippen MR) is 127 cm³/mol. The van der Waals surface area contributed by atoms with Gasteiger partial charge in [-0.1, -0.05) is 23.8 Å². The summed E-state index contributed by atoms with van der Waals surface area (Å²) in [5.74, 6) is 0.303. The molecule has 0 unspecified atom stereocenters. The molecule has 0 spiro atoms. The maximum absolute atomic E-state index is 12.8. The fourth-order valence-corrected chi connectivity index (χ4v) is 5.75. The van der Waals surface area contributed by atoms with Crippen molar-refractivity contribution in [3.8, 4) is 5.75 Å². The topological polar surface area (TPSA) is 75.7 Å². The van der Waals surface area contributed by atoms with Crippen molar-refractivity contribution in [3.63, 3.8) is 0 Å². The summed E-state index contributed by atoms with van der Waals surface area (Å²) in [5.41, 5.74) is 0.453. The molecule has 0 fully saturated rings. The molecule has 3 rings (SSSR count). The van der Waals surface area contributed by atoms with Crippen LogP contribution in [-0.4, -0.2) is 38.8 Å². The Balaban J connectivity index is 1.82. The van der Waals surface area contributed by atoms with Gasteiger partial charge in [0, 0.05) is 28.9 Å². The highest BCUT2D eigenvalue weighted by atomic mass is 35.5. The van der Waals surface area contributed by atoms with Gasteiger partial charge in [-0.05, 0) is 42.5 Å². The average Bonchev–Trinajstić information content (AvgIpc) is 3.09. The minimum Gasteiger partial charge on any atom is -0.497 e. The van der Waals surface area contributed by atoms with Crippen molar-refractivity contribution >= 4 is 54.6 Å². The molecule has 2 aromatic carbocycles. The van der Waals surface area contributed by atoms with Gasteiger partial charge in [-0.25, -0.2) is 8.42 Å². The monoisotopic (exact) mass is 476 g/mol. The molecule has 0 saturated heterocycles. The molecule has 9 heteroatoms. The lowest BCUT2D eigenvalue weighted by molar-refractivity contribution is 0.103. The van der Waals surface area contributed by atoms with Gasteiger partial charge >= 0.3 is 0 Å². The molecule has 31 heavy (non-hydrogen) atoms. The molecule has 1 N–H and O–H groups in total. The fraction of sp³-hybridized carbons (Fsp3) is 0.136. The quantitative estimate of drug-likeness (QED) is 0.432. The van der Waals surface area contributed by atoms with Gasteiger partial charge in [-0.2, -0.15) is 4.31 Å². The molecule has 1 heterocycles. The zero-order valence-corrected chi connectivity index (χ0v) is 19.2. The normalized spacial score (nSPS) is 11.5. The fourth-order valence-electron chi connectivity index (χ4n) is 2.92. The second kappa shape index (κ2) is 9.65. The van der Waals surface area contributed by atoms with Crippen LogP contribution in [-0.2, 0) is 10.0 Å². The SMILES string of the molecule is C=CCN(CC=C)S(=O)(=O)c1ccc(NC(=O)c2sc3cc(OC)ccc3c2Cl)cc1. The van der Waals surface area contributed by atoms with Gasteiger partial charge in [0.05, 0.1) is 17.0 Å². The second-order valence-corrected chi connectivity index (χ2v) is 9.85. The molecule has 0 saturated carbocycles. The molecule has 0 radical (unpaired) electrons. The Bertz CT molecular complexity index is 1220. The molecule has 0 aliphatic rings. The van der Waals surface area contributed by atoms with E-state index in [9.17, 15) is 13.2 Å². The van der Waals surface area contributed by atoms with E-state index in [1.807, 2.05) is 12.1 Å². The number of methoxy groups -OCH3 is 1. The first-order chi connectivity index (χ1) is 14.8. The van der Waals surface area contributed by atoms with Gasteiger partial charge in [0.1, 0.15) is 10.6 Å². The van der Waals surface area contributed by atoms with E-state index >= 15 is 0 Å². The lowest BCUT2D eigenvalue weighted by Gasteiger charge is -2.19. The molecule has 162 valence electrons. The van der Waals surface area contributed by atoms with E-state index in [2.05, 4.69) is 18.5 Å². The molecule has 0 atom stereocenters. The number of hydrogen-bond donors (Lipinski definition) is 1. The molecule has 1 amide bonds. The van der Waals surface area contributed by atoms with Gasteiger partial charge in [0.15, 0.2) is 0 Å². The molecule has 0 aliphatic heterocycles. The van der Waals surface area contributed by atoms with Crippen LogP contribution in [0.2, 0.25) is 5.02 Å². The van der Waals surface area contributed by atoms with Gasteiger partial charge in [-0.15, -0.1) is 24.5 Å². The highest BCUT2D eigenvalue weighted by molar-refractivity contribution is 7.89. The van der Waals surface area contributed by atoms with E-state index in [0.717, 1.165) is 10.1 Å². The summed E-state index contributed by atoms with van der Waals surface area (Å²) < 4.78 is 32.9. The Morgan fingerprint density at radius 1 is 1.16 bits per heavy atom. The number of anilines is 1. The average molecular weight is 477 g/mol. The number of halogens is 1. The van der Waals surface area contributed by atoms with Crippen LogP contribution in [0, 0.1) is 0 Å². The van der Waals surface area contributed by atoms with Crippen molar-refractivity contribution in [2.45, 2.75) is 4.90 Å². The number of sulfonamides is 1. The van der Waals surface area contributed by atoms with Gasteiger partial charge in [0.2, 0.25) is 10.0 Å². The van der Waals surface area contributed by atoms with Gasteiger partial charge in [0.25, 0.3) is 5.91 Å². The standard InChI is InChI=1S/C22H21ClN2O4S2/c1-4-12-25(13-5-2)31(27,28)17-9-6-15(7-10-17)24-22(26)21-20(23)18-11-8-16(29-3)14-19(18)30-21/h4-11,14H,1-2,12-13H2,3H3,(H,24,26). The van der Waals surface area contributed by atoms with Gasteiger partial charge < -0.3 is 10.1 Å². The number of nitrogens with one attached hydrogen (secondary N) is 1. The van der Waals surface area contributed by atoms with Crippen molar-refractivity contribution in [1.29, 1.82) is 0 Å². The predicted octanol–water partition coefficient (Wildman–Crippen LogP) is 5.18. The second-order valence-electron chi connectivity index (χ2n) is 6.49. The third kappa shape index (κ3) is 4.83. The van der Waals surface area contributed by atoms with Crippen LogP contribution < -0.4 is 10.1 Å². The van der Waals surface area contributed by atoms with Crippen molar-refractivity contribution in [1.82, 2.24) is 4.31 Å².